The summed E-state index contributed by atoms with van der Waals surface area (Å²) in [7, 11) is 3.62. The second kappa shape index (κ2) is 7.26. The Morgan fingerprint density at radius 1 is 1.24 bits per heavy atom. The average molecular weight is 291 g/mol. The molecule has 0 saturated heterocycles. The minimum atomic E-state index is 0.0441. The van der Waals surface area contributed by atoms with Crippen LogP contribution in [0, 0.1) is 0 Å². The molecule has 0 aliphatic rings. The van der Waals surface area contributed by atoms with Gasteiger partial charge in [0.15, 0.2) is 5.75 Å². The van der Waals surface area contributed by atoms with Crippen molar-refractivity contribution in [2.24, 2.45) is 7.05 Å². The third-order valence-corrected chi connectivity index (χ3v) is 3.43. The summed E-state index contributed by atoms with van der Waals surface area (Å²) in [6, 6.07) is 0.0441. The van der Waals surface area contributed by atoms with Crippen molar-refractivity contribution in [1.82, 2.24) is 24.9 Å². The van der Waals surface area contributed by atoms with Crippen LogP contribution in [-0.4, -0.2) is 33.2 Å². The zero-order chi connectivity index (χ0) is 15.2. The summed E-state index contributed by atoms with van der Waals surface area (Å²) in [6.07, 6.45) is 7.83. The van der Waals surface area contributed by atoms with Gasteiger partial charge in [0, 0.05) is 25.4 Å². The van der Waals surface area contributed by atoms with Crippen LogP contribution in [-0.2, 0) is 13.6 Å². The van der Waals surface area contributed by atoms with Crippen molar-refractivity contribution in [3.63, 3.8) is 0 Å². The number of aromatic nitrogens is 4. The van der Waals surface area contributed by atoms with Crippen LogP contribution in [0.3, 0.4) is 0 Å². The Hall–Kier alpha value is -1.82. The van der Waals surface area contributed by atoms with Crippen molar-refractivity contribution in [3.8, 4) is 5.75 Å². The molecule has 0 aliphatic heterocycles. The Morgan fingerprint density at radius 3 is 2.62 bits per heavy atom. The van der Waals surface area contributed by atoms with Crippen molar-refractivity contribution < 1.29 is 4.74 Å². The van der Waals surface area contributed by atoms with E-state index < -0.39 is 0 Å². The van der Waals surface area contributed by atoms with E-state index in [1.165, 1.54) is 0 Å². The van der Waals surface area contributed by atoms with Crippen molar-refractivity contribution in [3.05, 3.63) is 29.8 Å². The number of hydrogen-bond donors (Lipinski definition) is 1. The van der Waals surface area contributed by atoms with Crippen molar-refractivity contribution in [2.75, 3.05) is 13.7 Å². The predicted molar refractivity (Wildman–Crippen MR) is 82.4 cm³/mol. The Morgan fingerprint density at radius 2 is 2.05 bits per heavy atom. The lowest BCUT2D eigenvalue weighted by Gasteiger charge is -2.20. The van der Waals surface area contributed by atoms with Crippen LogP contribution in [0.4, 0.5) is 0 Å². The summed E-state index contributed by atoms with van der Waals surface area (Å²) in [5, 5.41) is 12.3. The zero-order valence-electron chi connectivity index (χ0n) is 13.3. The quantitative estimate of drug-likeness (QED) is 0.809. The van der Waals surface area contributed by atoms with Crippen molar-refractivity contribution in [1.29, 1.82) is 0 Å². The van der Waals surface area contributed by atoms with E-state index in [2.05, 4.69) is 29.4 Å². The topological polar surface area (TPSA) is 56.9 Å². The molecule has 1 atom stereocenters. The van der Waals surface area contributed by atoms with E-state index in [-0.39, 0.29) is 6.04 Å². The Balaban J connectivity index is 2.42. The first-order chi connectivity index (χ1) is 10.2. The molecule has 0 bridgehead atoms. The number of nitrogens with one attached hydrogen (secondary N) is 1. The molecule has 0 aliphatic carbocycles. The van der Waals surface area contributed by atoms with E-state index in [0.29, 0.717) is 0 Å². The number of aryl methyl sites for hydroxylation is 2. The van der Waals surface area contributed by atoms with Gasteiger partial charge in [-0.15, -0.1) is 0 Å². The van der Waals surface area contributed by atoms with Gasteiger partial charge in [0.25, 0.3) is 0 Å². The van der Waals surface area contributed by atoms with Gasteiger partial charge in [0.05, 0.1) is 25.5 Å². The maximum Gasteiger partial charge on any atom is 0.161 e. The predicted octanol–water partition coefficient (Wildman–Crippen LogP) is 2.12. The van der Waals surface area contributed by atoms with Crippen LogP contribution in [0.25, 0.3) is 0 Å². The van der Waals surface area contributed by atoms with Gasteiger partial charge in [-0.2, -0.15) is 10.2 Å². The molecule has 0 radical (unpaired) electrons. The van der Waals surface area contributed by atoms with Crippen LogP contribution in [0.15, 0.2) is 18.6 Å². The maximum atomic E-state index is 5.51. The van der Waals surface area contributed by atoms with Crippen LogP contribution in [0.2, 0.25) is 0 Å². The summed E-state index contributed by atoms with van der Waals surface area (Å²) < 4.78 is 9.36. The van der Waals surface area contributed by atoms with Gasteiger partial charge in [-0.3, -0.25) is 9.36 Å². The summed E-state index contributed by atoms with van der Waals surface area (Å²) >= 11 is 0. The molecule has 2 heterocycles. The first kappa shape index (κ1) is 15.6. The normalized spacial score (nSPS) is 12.6. The van der Waals surface area contributed by atoms with Crippen LogP contribution >= 0.6 is 0 Å². The van der Waals surface area contributed by atoms with Crippen molar-refractivity contribution in [2.45, 2.75) is 39.3 Å². The molecule has 21 heavy (non-hydrogen) atoms. The van der Waals surface area contributed by atoms with Gasteiger partial charge in [-0.25, -0.2) is 0 Å². The Kier molecular flexibility index (Phi) is 5.38. The number of hydrogen-bond acceptors (Lipinski definition) is 4. The number of methoxy groups -OCH3 is 1. The second-order valence-electron chi connectivity index (χ2n) is 5.16. The second-order valence-corrected chi connectivity index (χ2v) is 5.16. The molecule has 2 aromatic rings. The highest BCUT2D eigenvalue weighted by Crippen LogP contribution is 2.30. The first-order valence-corrected chi connectivity index (χ1v) is 7.52. The summed E-state index contributed by atoms with van der Waals surface area (Å²) in [5.74, 6) is 0.820. The lowest BCUT2D eigenvalue weighted by Crippen LogP contribution is -2.26. The van der Waals surface area contributed by atoms with Gasteiger partial charge >= 0.3 is 0 Å². The highest BCUT2D eigenvalue weighted by molar-refractivity contribution is 5.35. The third kappa shape index (κ3) is 3.44. The van der Waals surface area contributed by atoms with Gasteiger partial charge < -0.3 is 10.1 Å². The molecule has 1 unspecified atom stereocenters. The molecule has 0 aromatic carbocycles. The average Bonchev–Trinajstić information content (AvgIpc) is 3.07. The van der Waals surface area contributed by atoms with Gasteiger partial charge in [-0.05, 0) is 19.4 Å². The highest BCUT2D eigenvalue weighted by Gasteiger charge is 2.24. The smallest absolute Gasteiger partial charge is 0.161 e. The zero-order valence-corrected chi connectivity index (χ0v) is 13.3. The summed E-state index contributed by atoms with van der Waals surface area (Å²) in [6.45, 7) is 6.12. The molecule has 2 rings (SSSR count). The molecule has 0 amide bonds. The summed E-state index contributed by atoms with van der Waals surface area (Å²) in [4.78, 5) is 0. The molecule has 2 aromatic heterocycles. The SMILES string of the molecule is CCCNC(c1cnn(C)c1)c1c(OC)cnn1CCC. The minimum Gasteiger partial charge on any atom is -0.493 e. The summed E-state index contributed by atoms with van der Waals surface area (Å²) in [5.41, 5.74) is 2.20. The van der Waals surface area contributed by atoms with Crippen LogP contribution in [0.1, 0.15) is 44.0 Å². The van der Waals surface area contributed by atoms with E-state index in [0.717, 1.165) is 42.9 Å². The molecule has 1 N–H and O–H groups in total. The molecule has 6 nitrogen and oxygen atoms in total. The molecule has 0 fully saturated rings. The first-order valence-electron chi connectivity index (χ1n) is 7.52. The van der Waals surface area contributed by atoms with E-state index >= 15 is 0 Å². The van der Waals surface area contributed by atoms with Crippen molar-refractivity contribution >= 4 is 0 Å². The lowest BCUT2D eigenvalue weighted by molar-refractivity contribution is 0.397. The maximum absolute atomic E-state index is 5.51. The van der Waals surface area contributed by atoms with E-state index in [1.54, 1.807) is 13.3 Å². The van der Waals surface area contributed by atoms with Gasteiger partial charge in [0.2, 0.25) is 0 Å². The third-order valence-electron chi connectivity index (χ3n) is 3.43. The fraction of sp³-hybridized carbons (Fsp3) is 0.600. The standard InChI is InChI=1S/C15H25N5O/c1-5-7-16-14(12-9-17-19(3)11-12)15-13(21-4)10-18-20(15)8-6-2/h9-11,14,16H,5-8H2,1-4H3. The van der Waals surface area contributed by atoms with Crippen LogP contribution < -0.4 is 10.1 Å². The van der Waals surface area contributed by atoms with Gasteiger partial charge in [0.1, 0.15) is 5.69 Å². The number of ether oxygens (including phenoxy) is 1. The Labute approximate surface area is 126 Å². The molecule has 0 spiro atoms. The largest absolute Gasteiger partial charge is 0.493 e. The fourth-order valence-corrected chi connectivity index (χ4v) is 2.47. The molecule has 116 valence electrons. The number of nitrogens with zero attached hydrogens (tertiary/aromatic N) is 4. The molecular weight excluding hydrogens is 266 g/mol. The molecular formula is C15H25N5O. The Bertz CT molecular complexity index is 560. The highest BCUT2D eigenvalue weighted by atomic mass is 16.5. The number of rotatable bonds is 8. The monoisotopic (exact) mass is 291 g/mol. The minimum absolute atomic E-state index is 0.0441. The lowest BCUT2D eigenvalue weighted by atomic mass is 10.1. The van der Waals surface area contributed by atoms with E-state index in [1.807, 2.05) is 28.8 Å². The van der Waals surface area contributed by atoms with Gasteiger partial charge in [-0.1, -0.05) is 13.8 Å². The fourth-order valence-electron chi connectivity index (χ4n) is 2.47. The van der Waals surface area contributed by atoms with E-state index in [4.69, 9.17) is 4.74 Å². The van der Waals surface area contributed by atoms with E-state index in [9.17, 15) is 0 Å². The van der Waals surface area contributed by atoms with Crippen LogP contribution in [0.5, 0.6) is 5.75 Å². The molecule has 0 saturated carbocycles. The molecule has 6 heteroatoms.